The summed E-state index contributed by atoms with van der Waals surface area (Å²) >= 11 is 0. The molecule has 2 aromatic rings. The first kappa shape index (κ1) is 28.2. The summed E-state index contributed by atoms with van der Waals surface area (Å²) in [7, 11) is -4.12. The number of unbranched alkanes of at least 4 members (excludes halogenated alkanes) is 2. The first-order chi connectivity index (χ1) is 16.6. The van der Waals surface area contributed by atoms with E-state index >= 15 is 0 Å². The number of hydrogen-bond acceptors (Lipinski definition) is 5. The number of phenolic OH excluding ortho intramolecular Hbond substituents is 2. The Kier molecular flexibility index (Phi) is 10.6. The lowest BCUT2D eigenvalue weighted by atomic mass is 9.94. The van der Waals surface area contributed by atoms with Crippen LogP contribution in [0.15, 0.2) is 64.6 Å². The lowest BCUT2D eigenvalue weighted by Crippen LogP contribution is -2.31. The van der Waals surface area contributed by atoms with Crippen molar-refractivity contribution in [3.8, 4) is 11.5 Å². The van der Waals surface area contributed by atoms with Crippen molar-refractivity contribution in [3.63, 3.8) is 0 Å². The molecule has 2 aromatic carbocycles. The van der Waals surface area contributed by atoms with Crippen molar-refractivity contribution < 1.29 is 23.4 Å². The first-order valence-electron chi connectivity index (χ1n) is 12.0. The van der Waals surface area contributed by atoms with E-state index in [2.05, 4.69) is 10.8 Å². The number of sulfonamides is 1. The van der Waals surface area contributed by atoms with Crippen molar-refractivity contribution in [1.29, 1.82) is 0 Å². The van der Waals surface area contributed by atoms with E-state index in [0.29, 0.717) is 12.0 Å². The summed E-state index contributed by atoms with van der Waals surface area (Å²) in [5, 5.41) is 21.7. The number of aromatic hydroxyl groups is 2. The number of phenols is 2. The number of nitrogens with one attached hydrogen (secondary N) is 1. The molecule has 35 heavy (non-hydrogen) atoms. The molecule has 3 N–H and O–H groups in total. The smallest absolute Gasteiger partial charge is 0.269 e. The largest absolute Gasteiger partial charge is 0.508 e. The third-order valence-electron chi connectivity index (χ3n) is 5.77. The third-order valence-corrected chi connectivity index (χ3v) is 7.11. The summed E-state index contributed by atoms with van der Waals surface area (Å²) < 4.78 is 27.6. The van der Waals surface area contributed by atoms with Crippen LogP contribution in [0.25, 0.3) is 0 Å². The monoisotopic (exact) mass is 499 g/mol. The van der Waals surface area contributed by atoms with E-state index in [1.165, 1.54) is 23.8 Å². The normalized spacial score (nSPS) is 11.8. The Morgan fingerprint density at radius 1 is 1.03 bits per heavy atom. The van der Waals surface area contributed by atoms with Gasteiger partial charge < -0.3 is 10.2 Å². The fraction of sp³-hybridized carbons (Fsp3) is 0.393. The molecule has 0 atom stereocenters. The van der Waals surface area contributed by atoms with Gasteiger partial charge in [-0.3, -0.25) is 4.79 Å². The maximum atomic E-state index is 13.2. The Hall–Kier alpha value is -3.06. The third kappa shape index (κ3) is 8.28. The van der Waals surface area contributed by atoms with Crippen LogP contribution >= 0.6 is 0 Å². The molecule has 0 saturated heterocycles. The SMILES string of the molecule is CCCCCc1cc(O)c(CC=C(C)CCC=C(C)C)c(O)c1C(=O)NS(=O)(=O)c1ccccc1. The lowest BCUT2D eigenvalue weighted by molar-refractivity contribution is 0.0977. The molecule has 0 saturated carbocycles. The van der Waals surface area contributed by atoms with Gasteiger partial charge >= 0.3 is 0 Å². The standard InChI is InChI=1S/C28H37NO5S/c1-5-6-8-14-22-19-25(30)24(18-17-21(4)13-11-12-20(2)3)27(31)26(22)28(32)29-35(33,34)23-15-9-7-10-16-23/h7,9-10,12,15-17,19,30-31H,5-6,8,11,13-14,18H2,1-4H3,(H,29,32). The molecule has 2 rings (SSSR count). The minimum Gasteiger partial charge on any atom is -0.508 e. The highest BCUT2D eigenvalue weighted by Gasteiger charge is 2.26. The highest BCUT2D eigenvalue weighted by atomic mass is 32.2. The van der Waals surface area contributed by atoms with Gasteiger partial charge in [0.2, 0.25) is 0 Å². The highest BCUT2D eigenvalue weighted by Crippen LogP contribution is 2.36. The van der Waals surface area contributed by atoms with E-state index in [0.717, 1.165) is 37.7 Å². The van der Waals surface area contributed by atoms with Gasteiger partial charge in [-0.2, -0.15) is 0 Å². The molecule has 0 fully saturated rings. The van der Waals surface area contributed by atoms with Gasteiger partial charge in [-0.15, -0.1) is 0 Å². The zero-order valence-corrected chi connectivity index (χ0v) is 21.9. The van der Waals surface area contributed by atoms with Crippen LogP contribution < -0.4 is 4.72 Å². The van der Waals surface area contributed by atoms with Crippen LogP contribution in [0.5, 0.6) is 11.5 Å². The van der Waals surface area contributed by atoms with Crippen LogP contribution in [0.2, 0.25) is 0 Å². The molecule has 7 heteroatoms. The Balaban J connectivity index is 2.41. The molecule has 190 valence electrons. The minimum atomic E-state index is -4.12. The van der Waals surface area contributed by atoms with Gasteiger partial charge in [0.05, 0.1) is 10.5 Å². The molecule has 6 nitrogen and oxygen atoms in total. The number of amides is 1. The molecule has 0 aliphatic heterocycles. The molecule has 0 aliphatic carbocycles. The van der Waals surface area contributed by atoms with E-state index in [-0.39, 0.29) is 33.9 Å². The molecule has 0 aromatic heterocycles. The van der Waals surface area contributed by atoms with E-state index in [1.807, 2.05) is 33.8 Å². The topological polar surface area (TPSA) is 104 Å². The molecular formula is C28H37NO5S. The minimum absolute atomic E-state index is 0.0469. The van der Waals surface area contributed by atoms with Gasteiger partial charge in [0.25, 0.3) is 15.9 Å². The van der Waals surface area contributed by atoms with Crippen molar-refractivity contribution in [2.75, 3.05) is 0 Å². The number of hydrogen-bond donors (Lipinski definition) is 3. The van der Waals surface area contributed by atoms with Crippen LogP contribution in [0, 0.1) is 0 Å². The summed E-state index contributed by atoms with van der Waals surface area (Å²) in [6.07, 6.45) is 9.04. The Bertz CT molecular complexity index is 1180. The maximum absolute atomic E-state index is 13.2. The van der Waals surface area contributed by atoms with Gasteiger partial charge in [0.1, 0.15) is 11.5 Å². The second-order valence-corrected chi connectivity index (χ2v) is 10.7. The molecule has 0 aliphatic rings. The van der Waals surface area contributed by atoms with Crippen molar-refractivity contribution in [2.45, 2.75) is 77.5 Å². The molecule has 0 unspecified atom stereocenters. The lowest BCUT2D eigenvalue weighted by Gasteiger charge is -2.16. The van der Waals surface area contributed by atoms with Crippen molar-refractivity contribution in [2.24, 2.45) is 0 Å². The number of aryl methyl sites for hydroxylation is 1. The first-order valence-corrected chi connectivity index (χ1v) is 13.5. The Labute approximate surface area is 209 Å². The number of benzene rings is 2. The van der Waals surface area contributed by atoms with Gasteiger partial charge in [0, 0.05) is 5.56 Å². The predicted molar refractivity (Wildman–Crippen MR) is 140 cm³/mol. The van der Waals surface area contributed by atoms with E-state index in [4.69, 9.17) is 0 Å². The van der Waals surface area contributed by atoms with Crippen LogP contribution in [0.1, 0.15) is 81.3 Å². The van der Waals surface area contributed by atoms with Gasteiger partial charge in [-0.1, -0.05) is 61.3 Å². The van der Waals surface area contributed by atoms with Crippen molar-refractivity contribution >= 4 is 15.9 Å². The summed E-state index contributed by atoms with van der Waals surface area (Å²) in [4.78, 5) is 13.1. The zero-order valence-electron chi connectivity index (χ0n) is 21.1. The van der Waals surface area contributed by atoms with E-state index < -0.39 is 15.9 Å². The van der Waals surface area contributed by atoms with E-state index in [9.17, 15) is 23.4 Å². The summed E-state index contributed by atoms with van der Waals surface area (Å²) in [5.41, 5.74) is 2.85. The summed E-state index contributed by atoms with van der Waals surface area (Å²) in [6.45, 7) is 8.11. The van der Waals surface area contributed by atoms with Crippen molar-refractivity contribution in [3.05, 3.63) is 76.4 Å². The van der Waals surface area contributed by atoms with Gasteiger partial charge in [-0.05, 0) is 76.6 Å². The Morgan fingerprint density at radius 3 is 2.34 bits per heavy atom. The van der Waals surface area contributed by atoms with Crippen LogP contribution in [-0.4, -0.2) is 24.5 Å². The van der Waals surface area contributed by atoms with E-state index in [1.54, 1.807) is 18.2 Å². The zero-order chi connectivity index (χ0) is 26.0. The second kappa shape index (κ2) is 13.1. The summed E-state index contributed by atoms with van der Waals surface area (Å²) in [6, 6.07) is 9.07. The Morgan fingerprint density at radius 2 is 1.71 bits per heavy atom. The van der Waals surface area contributed by atoms with Crippen molar-refractivity contribution in [1.82, 2.24) is 4.72 Å². The van der Waals surface area contributed by atoms with Crippen LogP contribution in [-0.2, 0) is 22.9 Å². The van der Waals surface area contributed by atoms with Gasteiger partial charge in [-0.25, -0.2) is 13.1 Å². The van der Waals surface area contributed by atoms with Gasteiger partial charge in [0.15, 0.2) is 0 Å². The number of carbonyl (C=O) groups excluding carboxylic acids is 1. The fourth-order valence-electron chi connectivity index (χ4n) is 3.76. The quantitative estimate of drug-likeness (QED) is 0.239. The fourth-order valence-corrected chi connectivity index (χ4v) is 4.74. The number of carbonyl (C=O) groups is 1. The number of allylic oxidation sites excluding steroid dienone is 4. The molecule has 1 amide bonds. The van der Waals surface area contributed by atoms with Crippen LogP contribution in [0.4, 0.5) is 0 Å². The highest BCUT2D eigenvalue weighted by molar-refractivity contribution is 7.90. The molecule has 0 spiro atoms. The summed E-state index contributed by atoms with van der Waals surface area (Å²) in [5.74, 6) is -1.40. The average Bonchev–Trinajstić information content (AvgIpc) is 2.79. The average molecular weight is 500 g/mol. The molecule has 0 heterocycles. The molecular weight excluding hydrogens is 462 g/mol. The second-order valence-electron chi connectivity index (χ2n) is 9.04. The molecule has 0 bridgehead atoms. The predicted octanol–water partition coefficient (Wildman–Crippen LogP) is 6.18. The maximum Gasteiger partial charge on any atom is 0.269 e. The number of rotatable bonds is 12. The van der Waals surface area contributed by atoms with Crippen LogP contribution in [0.3, 0.4) is 0 Å². The molecule has 0 radical (unpaired) electrons.